The number of carbonyl (C=O) groups excluding carboxylic acids is 1. The third-order valence-corrected chi connectivity index (χ3v) is 4.83. The second-order valence-electron chi connectivity index (χ2n) is 4.63. The van der Waals surface area contributed by atoms with E-state index in [9.17, 15) is 4.79 Å². The van der Waals surface area contributed by atoms with Crippen molar-refractivity contribution < 1.29 is 4.79 Å². The highest BCUT2D eigenvalue weighted by Gasteiger charge is 2.37. The van der Waals surface area contributed by atoms with Crippen LogP contribution in [0.2, 0.25) is 0 Å². The van der Waals surface area contributed by atoms with Crippen molar-refractivity contribution >= 4 is 23.2 Å². The molecule has 3 fully saturated rings. The molecule has 2 unspecified atom stereocenters. The normalized spacial score (nSPS) is 27.4. The number of piperidine rings is 1. The summed E-state index contributed by atoms with van der Waals surface area (Å²) in [6.45, 7) is 3.91. The second kappa shape index (κ2) is 3.81. The Labute approximate surface area is 100 Å². The fraction of sp³-hybridized carbons (Fsp3) is 0.462. The van der Waals surface area contributed by atoms with Crippen LogP contribution >= 0.6 is 11.8 Å². The molecule has 0 amide bonds. The zero-order valence-corrected chi connectivity index (χ0v) is 10.2. The minimum Gasteiger partial charge on any atom is -0.369 e. The van der Waals surface area contributed by atoms with Gasteiger partial charge in [0.05, 0.1) is 0 Å². The van der Waals surface area contributed by atoms with Gasteiger partial charge in [-0.05, 0) is 25.5 Å². The van der Waals surface area contributed by atoms with Gasteiger partial charge >= 0.3 is 0 Å². The van der Waals surface area contributed by atoms with Gasteiger partial charge in [0.2, 0.25) is 0 Å². The van der Waals surface area contributed by atoms with Gasteiger partial charge in [-0.2, -0.15) is 11.8 Å². The Hall–Kier alpha value is -0.960. The molecule has 0 spiro atoms. The van der Waals surface area contributed by atoms with Crippen molar-refractivity contribution in [3.8, 4) is 0 Å². The predicted molar refractivity (Wildman–Crippen MR) is 68.4 cm³/mol. The Morgan fingerprint density at radius 2 is 2.06 bits per heavy atom. The molecule has 3 heterocycles. The molecule has 3 aliphatic heterocycles. The highest BCUT2D eigenvalue weighted by molar-refractivity contribution is 8.02. The zero-order valence-electron chi connectivity index (χ0n) is 9.35. The van der Waals surface area contributed by atoms with Crippen LogP contribution in [-0.2, 0) is 0 Å². The molecule has 2 nitrogen and oxygen atoms in total. The van der Waals surface area contributed by atoms with Crippen molar-refractivity contribution in [2.75, 3.05) is 18.0 Å². The molecule has 0 radical (unpaired) electrons. The summed E-state index contributed by atoms with van der Waals surface area (Å²) >= 11 is 2.12. The number of hydrogen-bond acceptors (Lipinski definition) is 3. The van der Waals surface area contributed by atoms with Crippen molar-refractivity contribution in [3.63, 3.8) is 0 Å². The van der Waals surface area contributed by atoms with E-state index in [1.165, 1.54) is 12.1 Å². The Morgan fingerprint density at radius 1 is 1.38 bits per heavy atom. The van der Waals surface area contributed by atoms with E-state index in [0.29, 0.717) is 0 Å². The molecule has 3 saturated heterocycles. The lowest BCUT2D eigenvalue weighted by molar-refractivity contribution is 0.101. The molecule has 3 aliphatic rings. The SMILES string of the molecule is CC(=O)c1cccc(N2CC3CC(C2)S3)c1. The van der Waals surface area contributed by atoms with E-state index in [1.807, 2.05) is 18.2 Å². The topological polar surface area (TPSA) is 20.3 Å². The maximum Gasteiger partial charge on any atom is 0.159 e. The van der Waals surface area contributed by atoms with E-state index in [1.54, 1.807) is 6.92 Å². The van der Waals surface area contributed by atoms with Gasteiger partial charge in [0.1, 0.15) is 0 Å². The first-order valence-corrected chi connectivity index (χ1v) is 6.68. The van der Waals surface area contributed by atoms with E-state index < -0.39 is 0 Å². The lowest BCUT2D eigenvalue weighted by Gasteiger charge is -2.47. The molecule has 1 aromatic carbocycles. The lowest BCUT2D eigenvalue weighted by atomic mass is 10.1. The number of fused-ring (bicyclic) bond motifs is 2. The van der Waals surface area contributed by atoms with Gasteiger partial charge in [0.25, 0.3) is 0 Å². The van der Waals surface area contributed by atoms with Crippen LogP contribution in [0, 0.1) is 0 Å². The quantitative estimate of drug-likeness (QED) is 0.732. The van der Waals surface area contributed by atoms with E-state index in [0.717, 1.165) is 29.2 Å². The molecule has 2 bridgehead atoms. The Bertz CT molecular complexity index is 416. The molecule has 0 aliphatic carbocycles. The first kappa shape index (κ1) is 10.2. The van der Waals surface area contributed by atoms with Gasteiger partial charge in [-0.3, -0.25) is 4.79 Å². The summed E-state index contributed by atoms with van der Waals surface area (Å²) in [5, 5.41) is 1.64. The number of nitrogens with zero attached hydrogens (tertiary/aromatic N) is 1. The fourth-order valence-electron chi connectivity index (χ4n) is 2.49. The number of carbonyl (C=O) groups is 1. The molecule has 0 aromatic heterocycles. The summed E-state index contributed by atoms with van der Waals surface area (Å²) in [7, 11) is 0. The summed E-state index contributed by atoms with van der Waals surface area (Å²) in [4.78, 5) is 13.7. The average molecular weight is 233 g/mol. The van der Waals surface area contributed by atoms with Crippen LogP contribution in [0.15, 0.2) is 24.3 Å². The van der Waals surface area contributed by atoms with Gasteiger partial charge in [-0.15, -0.1) is 0 Å². The predicted octanol–water partition coefficient (Wildman–Crippen LogP) is 2.58. The molecule has 0 N–H and O–H groups in total. The van der Waals surface area contributed by atoms with Crippen LogP contribution in [0.3, 0.4) is 0 Å². The molecular formula is C13H15NOS. The molecule has 4 rings (SSSR count). The molecule has 2 atom stereocenters. The van der Waals surface area contributed by atoms with E-state index in [-0.39, 0.29) is 5.78 Å². The van der Waals surface area contributed by atoms with Crippen molar-refractivity contribution in [2.24, 2.45) is 0 Å². The van der Waals surface area contributed by atoms with Crippen LogP contribution in [-0.4, -0.2) is 29.4 Å². The summed E-state index contributed by atoms with van der Waals surface area (Å²) in [5.41, 5.74) is 2.03. The zero-order chi connectivity index (χ0) is 11.1. The number of rotatable bonds is 2. The summed E-state index contributed by atoms with van der Waals surface area (Å²) < 4.78 is 0. The first-order valence-electron chi connectivity index (χ1n) is 5.74. The maximum atomic E-state index is 11.3. The number of ketones is 1. The second-order valence-corrected chi connectivity index (χ2v) is 6.23. The van der Waals surface area contributed by atoms with Gasteiger partial charge in [-0.25, -0.2) is 0 Å². The molecule has 84 valence electrons. The minimum absolute atomic E-state index is 0.151. The van der Waals surface area contributed by atoms with Crippen LogP contribution in [0.5, 0.6) is 0 Å². The largest absolute Gasteiger partial charge is 0.369 e. The third-order valence-electron chi connectivity index (χ3n) is 3.38. The standard InChI is InChI=1S/C13H15NOS/c1-9(15)10-3-2-4-11(5-10)14-7-12-6-13(8-14)16-12/h2-5,12-13H,6-8H2,1H3. The number of hydrogen-bond donors (Lipinski definition) is 0. The minimum atomic E-state index is 0.151. The van der Waals surface area contributed by atoms with Crippen LogP contribution < -0.4 is 4.90 Å². The van der Waals surface area contributed by atoms with Gasteiger partial charge < -0.3 is 4.90 Å². The molecule has 0 saturated carbocycles. The molecular weight excluding hydrogens is 218 g/mol. The van der Waals surface area contributed by atoms with Crippen molar-refractivity contribution in [3.05, 3.63) is 29.8 Å². The van der Waals surface area contributed by atoms with E-state index >= 15 is 0 Å². The van der Waals surface area contributed by atoms with E-state index in [2.05, 4.69) is 22.7 Å². The smallest absolute Gasteiger partial charge is 0.159 e. The maximum absolute atomic E-state index is 11.3. The average Bonchev–Trinajstić information content (AvgIpc) is 2.28. The molecule has 1 aromatic rings. The van der Waals surface area contributed by atoms with Crippen LogP contribution in [0.4, 0.5) is 5.69 Å². The molecule has 3 heteroatoms. The number of benzene rings is 1. The van der Waals surface area contributed by atoms with Crippen molar-refractivity contribution in [1.82, 2.24) is 0 Å². The fourth-order valence-corrected chi connectivity index (χ4v) is 3.89. The highest BCUT2D eigenvalue weighted by Crippen LogP contribution is 2.42. The third kappa shape index (κ3) is 1.73. The Kier molecular flexibility index (Phi) is 2.43. The summed E-state index contributed by atoms with van der Waals surface area (Å²) in [5.74, 6) is 0.151. The number of thioether (sulfide) groups is 1. The Balaban J connectivity index is 1.83. The number of Topliss-reactive ketones (excluding diaryl/α,β-unsaturated/α-hetero) is 1. The molecule has 16 heavy (non-hydrogen) atoms. The van der Waals surface area contributed by atoms with Gasteiger partial charge in [0, 0.05) is 34.8 Å². The van der Waals surface area contributed by atoms with Crippen LogP contribution in [0.25, 0.3) is 0 Å². The Morgan fingerprint density at radius 3 is 2.69 bits per heavy atom. The van der Waals surface area contributed by atoms with Crippen molar-refractivity contribution in [1.29, 1.82) is 0 Å². The number of anilines is 1. The lowest BCUT2D eigenvalue weighted by Crippen LogP contribution is -2.51. The van der Waals surface area contributed by atoms with Crippen LogP contribution in [0.1, 0.15) is 23.7 Å². The van der Waals surface area contributed by atoms with E-state index in [4.69, 9.17) is 0 Å². The summed E-state index contributed by atoms with van der Waals surface area (Å²) in [6.07, 6.45) is 1.38. The summed E-state index contributed by atoms with van der Waals surface area (Å²) in [6, 6.07) is 8.02. The highest BCUT2D eigenvalue weighted by atomic mass is 32.2. The monoisotopic (exact) mass is 233 g/mol. The first-order chi connectivity index (χ1) is 7.72. The van der Waals surface area contributed by atoms with Gasteiger partial charge in [-0.1, -0.05) is 12.1 Å². The van der Waals surface area contributed by atoms with Gasteiger partial charge in [0.15, 0.2) is 5.78 Å². The van der Waals surface area contributed by atoms with Crippen molar-refractivity contribution in [2.45, 2.75) is 23.8 Å².